The van der Waals surface area contributed by atoms with Gasteiger partial charge in [0.1, 0.15) is 11.6 Å². The van der Waals surface area contributed by atoms with Crippen molar-refractivity contribution in [3.8, 4) is 0 Å². The van der Waals surface area contributed by atoms with Crippen LogP contribution in [0, 0.1) is 5.82 Å². The predicted octanol–water partition coefficient (Wildman–Crippen LogP) is 3.95. The van der Waals surface area contributed by atoms with Crippen molar-refractivity contribution in [2.75, 3.05) is 6.54 Å². The molecule has 3 aromatic rings. The number of nitrogens with zero attached hydrogens (tertiary/aromatic N) is 1. The van der Waals surface area contributed by atoms with E-state index in [-0.39, 0.29) is 24.2 Å². The summed E-state index contributed by atoms with van der Waals surface area (Å²) in [5.41, 5.74) is 0.780. The zero-order valence-electron chi connectivity index (χ0n) is 13.9. The lowest BCUT2D eigenvalue weighted by Gasteiger charge is -2.19. The van der Waals surface area contributed by atoms with E-state index >= 15 is 0 Å². The molecule has 0 spiro atoms. The zero-order chi connectivity index (χ0) is 17.5. The molecular formula is C20H21FN2O2. The van der Waals surface area contributed by atoms with Gasteiger partial charge in [0.2, 0.25) is 5.91 Å². The van der Waals surface area contributed by atoms with Gasteiger partial charge in [-0.15, -0.1) is 0 Å². The Morgan fingerprint density at radius 3 is 2.72 bits per heavy atom. The first-order chi connectivity index (χ1) is 12.2. The molecule has 25 heavy (non-hydrogen) atoms. The van der Waals surface area contributed by atoms with Crippen LogP contribution in [0.1, 0.15) is 30.2 Å². The number of benzene rings is 1. The summed E-state index contributed by atoms with van der Waals surface area (Å²) < 4.78 is 20.8. The average molecular weight is 340 g/mol. The van der Waals surface area contributed by atoms with Crippen molar-refractivity contribution in [3.05, 3.63) is 84.3 Å². The summed E-state index contributed by atoms with van der Waals surface area (Å²) in [5.74, 6) is 0.565. The van der Waals surface area contributed by atoms with E-state index in [0.29, 0.717) is 6.54 Å². The number of carbonyl (C=O) groups excluding carboxylic acids is 1. The monoisotopic (exact) mass is 340 g/mol. The lowest BCUT2D eigenvalue weighted by molar-refractivity contribution is -0.121. The fourth-order valence-corrected chi connectivity index (χ4v) is 2.86. The van der Waals surface area contributed by atoms with Crippen LogP contribution in [0.3, 0.4) is 0 Å². The fraction of sp³-hybridized carbons (Fsp3) is 0.250. The van der Waals surface area contributed by atoms with Crippen LogP contribution in [0.4, 0.5) is 4.39 Å². The van der Waals surface area contributed by atoms with Gasteiger partial charge in [-0.3, -0.25) is 4.79 Å². The van der Waals surface area contributed by atoms with Crippen molar-refractivity contribution < 1.29 is 13.6 Å². The van der Waals surface area contributed by atoms with E-state index in [4.69, 9.17) is 4.42 Å². The molecule has 0 fully saturated rings. The summed E-state index contributed by atoms with van der Waals surface area (Å²) in [6.45, 7) is 0.584. The quantitative estimate of drug-likeness (QED) is 0.631. The topological polar surface area (TPSA) is 47.2 Å². The minimum atomic E-state index is -0.298. The third-order valence-electron chi connectivity index (χ3n) is 4.10. The van der Waals surface area contributed by atoms with Crippen LogP contribution in [-0.4, -0.2) is 17.0 Å². The lowest BCUT2D eigenvalue weighted by Crippen LogP contribution is -2.28. The number of hydrogen-bond donors (Lipinski definition) is 1. The first-order valence-corrected chi connectivity index (χ1v) is 8.39. The molecule has 2 aromatic heterocycles. The van der Waals surface area contributed by atoms with Gasteiger partial charge in [0.25, 0.3) is 0 Å². The van der Waals surface area contributed by atoms with Crippen LogP contribution in [0.25, 0.3) is 0 Å². The van der Waals surface area contributed by atoms with Gasteiger partial charge in [0.05, 0.1) is 18.7 Å². The maximum Gasteiger partial charge on any atom is 0.222 e. The van der Waals surface area contributed by atoms with Gasteiger partial charge >= 0.3 is 0 Å². The smallest absolute Gasteiger partial charge is 0.222 e. The molecule has 0 aliphatic heterocycles. The Kier molecular flexibility index (Phi) is 5.67. The summed E-state index contributed by atoms with van der Waals surface area (Å²) in [6.07, 6.45) is 7.29. The van der Waals surface area contributed by atoms with Gasteiger partial charge in [-0.2, -0.15) is 0 Å². The molecular weight excluding hydrogens is 319 g/mol. The third kappa shape index (κ3) is 4.83. The number of carbonyl (C=O) groups is 1. The Morgan fingerprint density at radius 1 is 1.16 bits per heavy atom. The molecule has 0 saturated heterocycles. The number of nitrogens with one attached hydrogen (secondary N) is 1. The predicted molar refractivity (Wildman–Crippen MR) is 93.6 cm³/mol. The lowest BCUT2D eigenvalue weighted by atomic mass is 10.0. The molecule has 0 aliphatic carbocycles. The number of furan rings is 1. The number of amides is 1. The molecule has 3 rings (SSSR count). The Hall–Kier alpha value is -2.82. The molecule has 0 bridgehead atoms. The number of aryl methyl sites for hydroxylation is 1. The summed E-state index contributed by atoms with van der Waals surface area (Å²) in [7, 11) is 0. The van der Waals surface area contributed by atoms with Crippen molar-refractivity contribution in [2.45, 2.75) is 25.3 Å². The number of halogens is 1. The number of rotatable bonds is 8. The molecule has 0 radical (unpaired) electrons. The molecule has 5 heteroatoms. The van der Waals surface area contributed by atoms with Gasteiger partial charge in [-0.1, -0.05) is 12.1 Å². The second-order valence-corrected chi connectivity index (χ2v) is 5.94. The average Bonchev–Trinajstić information content (AvgIpc) is 3.30. The Balaban J connectivity index is 1.57. The molecule has 4 nitrogen and oxygen atoms in total. The number of hydrogen-bond acceptors (Lipinski definition) is 2. The maximum atomic E-state index is 13.6. The van der Waals surface area contributed by atoms with E-state index in [9.17, 15) is 9.18 Å². The molecule has 1 amide bonds. The molecule has 130 valence electrons. The van der Waals surface area contributed by atoms with Crippen molar-refractivity contribution in [2.24, 2.45) is 0 Å². The zero-order valence-corrected chi connectivity index (χ0v) is 13.9. The molecule has 1 N–H and O–H groups in total. The molecule has 0 saturated carbocycles. The highest BCUT2D eigenvalue weighted by Crippen LogP contribution is 2.23. The minimum Gasteiger partial charge on any atom is -0.469 e. The van der Waals surface area contributed by atoms with E-state index in [2.05, 4.69) is 5.32 Å². The summed E-state index contributed by atoms with van der Waals surface area (Å²) >= 11 is 0. The van der Waals surface area contributed by atoms with Crippen LogP contribution in [0.15, 0.2) is 71.6 Å². The van der Waals surface area contributed by atoms with E-state index in [1.54, 1.807) is 12.3 Å². The van der Waals surface area contributed by atoms with Gasteiger partial charge in [-0.05, 0) is 48.4 Å². The minimum absolute atomic E-state index is 0.0533. The van der Waals surface area contributed by atoms with Gasteiger partial charge in [0, 0.05) is 25.4 Å². The SMILES string of the molecule is O=C(C[C@@H](c1cccc(F)c1)n1cccc1)NCCCc1ccco1. The highest BCUT2D eigenvalue weighted by Gasteiger charge is 2.17. The second kappa shape index (κ2) is 8.33. The first kappa shape index (κ1) is 17.0. The molecule has 1 atom stereocenters. The molecule has 0 unspecified atom stereocenters. The Labute approximate surface area is 146 Å². The van der Waals surface area contributed by atoms with Gasteiger partial charge in [-0.25, -0.2) is 4.39 Å². The largest absolute Gasteiger partial charge is 0.469 e. The molecule has 2 heterocycles. The van der Waals surface area contributed by atoms with Crippen LogP contribution >= 0.6 is 0 Å². The van der Waals surface area contributed by atoms with Crippen LogP contribution in [-0.2, 0) is 11.2 Å². The Morgan fingerprint density at radius 2 is 2.00 bits per heavy atom. The summed E-state index contributed by atoms with van der Waals surface area (Å²) in [5, 5.41) is 2.93. The Bertz CT molecular complexity index is 782. The third-order valence-corrected chi connectivity index (χ3v) is 4.10. The van der Waals surface area contributed by atoms with E-state index < -0.39 is 0 Å². The first-order valence-electron chi connectivity index (χ1n) is 8.39. The van der Waals surface area contributed by atoms with Crippen molar-refractivity contribution >= 4 is 5.91 Å². The summed E-state index contributed by atoms with van der Waals surface area (Å²) in [6, 6.07) is 13.7. The highest BCUT2D eigenvalue weighted by atomic mass is 19.1. The number of aromatic nitrogens is 1. The maximum absolute atomic E-state index is 13.6. The van der Waals surface area contributed by atoms with E-state index in [1.807, 2.05) is 47.3 Å². The van der Waals surface area contributed by atoms with Gasteiger partial charge in [0.15, 0.2) is 0 Å². The highest BCUT2D eigenvalue weighted by molar-refractivity contribution is 5.76. The molecule has 0 aliphatic rings. The van der Waals surface area contributed by atoms with Crippen molar-refractivity contribution in [1.82, 2.24) is 9.88 Å². The van der Waals surface area contributed by atoms with Crippen molar-refractivity contribution in [3.63, 3.8) is 0 Å². The fourth-order valence-electron chi connectivity index (χ4n) is 2.86. The van der Waals surface area contributed by atoms with Gasteiger partial charge < -0.3 is 14.3 Å². The van der Waals surface area contributed by atoms with E-state index in [1.165, 1.54) is 12.1 Å². The van der Waals surface area contributed by atoms with Crippen LogP contribution in [0.5, 0.6) is 0 Å². The molecule has 1 aromatic carbocycles. The van der Waals surface area contributed by atoms with Crippen LogP contribution in [0.2, 0.25) is 0 Å². The standard InChI is InChI=1S/C20H21FN2O2/c21-17-7-3-6-16(14-17)19(23-11-1-2-12-23)15-20(24)22-10-4-8-18-9-5-13-25-18/h1-3,5-7,9,11-14,19H,4,8,10,15H2,(H,22,24)/t19-/m0/s1. The summed E-state index contributed by atoms with van der Waals surface area (Å²) in [4.78, 5) is 12.3. The normalized spacial score (nSPS) is 12.0. The second-order valence-electron chi connectivity index (χ2n) is 5.94. The van der Waals surface area contributed by atoms with E-state index in [0.717, 1.165) is 24.2 Å². The van der Waals surface area contributed by atoms with Crippen molar-refractivity contribution in [1.29, 1.82) is 0 Å². The van der Waals surface area contributed by atoms with Crippen LogP contribution < -0.4 is 5.32 Å².